The predicted molar refractivity (Wildman–Crippen MR) is 139 cm³/mol. The first-order valence-electron chi connectivity index (χ1n) is 12.4. The monoisotopic (exact) mass is 485 g/mol. The van der Waals surface area contributed by atoms with E-state index in [0.717, 1.165) is 24.2 Å². The van der Waals surface area contributed by atoms with Crippen LogP contribution in [-0.2, 0) is 11.2 Å². The summed E-state index contributed by atoms with van der Waals surface area (Å²) in [6.45, 7) is 12.7. The maximum atomic E-state index is 13.5. The fraction of sp³-hybridized carbons (Fsp3) is 0.556. The highest BCUT2D eigenvalue weighted by Gasteiger charge is 2.33. The van der Waals surface area contributed by atoms with Crippen LogP contribution in [0, 0.1) is 5.92 Å². The van der Waals surface area contributed by atoms with E-state index < -0.39 is 0 Å². The molecule has 2 aromatic rings. The second kappa shape index (κ2) is 12.2. The minimum Gasteiger partial charge on any atom is -0.491 e. The number of carbonyl (C=O) groups excluding carboxylic acids is 2. The van der Waals surface area contributed by atoms with Crippen molar-refractivity contribution in [2.75, 3.05) is 32.8 Å². The second-order valence-electron chi connectivity index (χ2n) is 9.42. The molecule has 34 heavy (non-hydrogen) atoms. The third kappa shape index (κ3) is 6.53. The van der Waals surface area contributed by atoms with Crippen molar-refractivity contribution in [1.82, 2.24) is 15.1 Å². The molecule has 0 fully saturated rings. The lowest BCUT2D eigenvalue weighted by atomic mass is 10.00. The van der Waals surface area contributed by atoms with Crippen molar-refractivity contribution in [3.05, 3.63) is 51.7 Å². The molecule has 0 radical (unpaired) electrons. The fourth-order valence-electron chi connectivity index (χ4n) is 4.24. The summed E-state index contributed by atoms with van der Waals surface area (Å²) in [6.07, 6.45) is 1.79. The third-order valence-corrected chi connectivity index (χ3v) is 7.54. The third-order valence-electron chi connectivity index (χ3n) is 6.54. The molecule has 3 rings (SSSR count). The number of fused-ring (bicyclic) bond motifs is 1. The molecule has 0 bridgehead atoms. The second-order valence-corrected chi connectivity index (χ2v) is 10.4. The van der Waals surface area contributed by atoms with E-state index in [1.807, 2.05) is 24.0 Å². The zero-order valence-electron chi connectivity index (χ0n) is 21.2. The molecule has 1 aliphatic rings. The Morgan fingerprint density at radius 1 is 1.18 bits per heavy atom. The van der Waals surface area contributed by atoms with Gasteiger partial charge in [-0.2, -0.15) is 0 Å². The Morgan fingerprint density at radius 2 is 1.91 bits per heavy atom. The number of benzene rings is 1. The molecule has 0 saturated heterocycles. The molecule has 0 spiro atoms. The van der Waals surface area contributed by atoms with Crippen LogP contribution in [0.2, 0.25) is 0 Å². The molecule has 2 unspecified atom stereocenters. The van der Waals surface area contributed by atoms with Gasteiger partial charge in [0.05, 0.1) is 6.04 Å². The first-order valence-corrected chi connectivity index (χ1v) is 13.3. The van der Waals surface area contributed by atoms with Crippen molar-refractivity contribution < 1.29 is 14.3 Å². The van der Waals surface area contributed by atoms with Gasteiger partial charge in [-0.1, -0.05) is 46.2 Å². The lowest BCUT2D eigenvalue weighted by Crippen LogP contribution is -2.50. The van der Waals surface area contributed by atoms with Gasteiger partial charge >= 0.3 is 6.03 Å². The average Bonchev–Trinajstić information content (AvgIpc) is 3.31. The summed E-state index contributed by atoms with van der Waals surface area (Å²) in [5.41, 5.74) is 2.43. The Bertz CT molecular complexity index is 941. The Labute approximate surface area is 208 Å². The molecule has 7 heteroatoms. The van der Waals surface area contributed by atoms with Crippen LogP contribution >= 0.6 is 11.3 Å². The molecule has 2 heterocycles. The normalized spacial score (nSPS) is 16.2. The quantitative estimate of drug-likeness (QED) is 0.486. The summed E-state index contributed by atoms with van der Waals surface area (Å²) >= 11 is 1.74. The average molecular weight is 486 g/mol. The molecule has 3 amide bonds. The van der Waals surface area contributed by atoms with E-state index in [2.05, 4.69) is 56.6 Å². The number of nitrogens with one attached hydrogen (secondary N) is 1. The van der Waals surface area contributed by atoms with Gasteiger partial charge in [0.1, 0.15) is 18.9 Å². The van der Waals surface area contributed by atoms with Crippen molar-refractivity contribution in [3.8, 4) is 5.75 Å². The Hall–Kier alpha value is -2.54. The Morgan fingerprint density at radius 3 is 2.56 bits per heavy atom. The lowest BCUT2D eigenvalue weighted by molar-refractivity contribution is -0.135. The molecule has 0 aliphatic carbocycles. The van der Waals surface area contributed by atoms with Crippen LogP contribution in [0.1, 0.15) is 69.0 Å². The highest BCUT2D eigenvalue weighted by Crippen LogP contribution is 2.34. The van der Waals surface area contributed by atoms with Crippen molar-refractivity contribution in [1.29, 1.82) is 0 Å². The van der Waals surface area contributed by atoms with E-state index in [4.69, 9.17) is 4.74 Å². The zero-order valence-corrected chi connectivity index (χ0v) is 22.0. The van der Waals surface area contributed by atoms with Gasteiger partial charge in [0, 0.05) is 24.5 Å². The summed E-state index contributed by atoms with van der Waals surface area (Å²) in [5.74, 6) is 1.57. The van der Waals surface area contributed by atoms with Gasteiger partial charge < -0.3 is 19.9 Å². The molecular formula is C27H39N3O3S. The van der Waals surface area contributed by atoms with E-state index in [1.165, 1.54) is 10.4 Å². The van der Waals surface area contributed by atoms with Crippen molar-refractivity contribution >= 4 is 23.3 Å². The summed E-state index contributed by atoms with van der Waals surface area (Å²) in [5, 5.41) is 4.95. The topological polar surface area (TPSA) is 61.9 Å². The van der Waals surface area contributed by atoms with Crippen LogP contribution in [0.5, 0.6) is 5.75 Å². The van der Waals surface area contributed by atoms with Gasteiger partial charge in [-0.3, -0.25) is 4.79 Å². The lowest BCUT2D eigenvalue weighted by Gasteiger charge is -2.37. The summed E-state index contributed by atoms with van der Waals surface area (Å²) < 4.78 is 6.18. The van der Waals surface area contributed by atoms with Crippen molar-refractivity contribution in [2.45, 2.75) is 59.4 Å². The minimum atomic E-state index is -0.178. The number of amides is 3. The van der Waals surface area contributed by atoms with Crippen LogP contribution in [0.25, 0.3) is 0 Å². The van der Waals surface area contributed by atoms with E-state index in [1.54, 1.807) is 16.2 Å². The maximum Gasteiger partial charge on any atom is 0.317 e. The highest BCUT2D eigenvalue weighted by atomic mass is 32.1. The number of hydrogen-bond donors (Lipinski definition) is 1. The molecule has 186 valence electrons. The van der Waals surface area contributed by atoms with Gasteiger partial charge in [0.25, 0.3) is 0 Å². The largest absolute Gasteiger partial charge is 0.491 e. The summed E-state index contributed by atoms with van der Waals surface area (Å²) in [4.78, 5) is 31.0. The molecular weight excluding hydrogens is 446 g/mol. The van der Waals surface area contributed by atoms with E-state index >= 15 is 0 Å². The van der Waals surface area contributed by atoms with Gasteiger partial charge in [0.2, 0.25) is 5.91 Å². The van der Waals surface area contributed by atoms with E-state index in [-0.39, 0.29) is 24.5 Å². The van der Waals surface area contributed by atoms with Gasteiger partial charge in [0.15, 0.2) is 0 Å². The first-order chi connectivity index (χ1) is 16.3. The summed E-state index contributed by atoms with van der Waals surface area (Å²) in [7, 11) is 0. The van der Waals surface area contributed by atoms with Crippen LogP contribution < -0.4 is 10.1 Å². The molecule has 1 aromatic carbocycles. The maximum absolute atomic E-state index is 13.5. The molecule has 6 nitrogen and oxygen atoms in total. The van der Waals surface area contributed by atoms with Crippen LogP contribution in [0.15, 0.2) is 35.7 Å². The highest BCUT2D eigenvalue weighted by molar-refractivity contribution is 7.10. The number of nitrogens with zero attached hydrogens (tertiary/aromatic N) is 2. The van der Waals surface area contributed by atoms with Crippen molar-refractivity contribution in [3.63, 3.8) is 0 Å². The van der Waals surface area contributed by atoms with Crippen LogP contribution in [0.3, 0.4) is 0 Å². The zero-order chi connectivity index (χ0) is 24.7. The number of hydrogen-bond acceptors (Lipinski definition) is 4. The van der Waals surface area contributed by atoms with Gasteiger partial charge in [-0.05, 0) is 59.9 Å². The number of rotatable bonds is 10. The molecule has 0 saturated carbocycles. The van der Waals surface area contributed by atoms with Crippen LogP contribution in [0.4, 0.5) is 4.79 Å². The van der Waals surface area contributed by atoms with E-state index in [0.29, 0.717) is 38.1 Å². The van der Waals surface area contributed by atoms with Gasteiger partial charge in [-0.15, -0.1) is 11.3 Å². The fourth-order valence-corrected chi connectivity index (χ4v) is 5.17. The molecule has 1 aromatic heterocycles. The number of ether oxygens (including phenoxy) is 1. The SMILES string of the molecule is CCNC(=O)N(CC(=O)N1CCc2sccc2C1COc1ccc(C(C)C)cc1)CC(C)CC. The Kier molecular flexibility index (Phi) is 9.39. The minimum absolute atomic E-state index is 0.0323. The number of thiophene rings is 1. The van der Waals surface area contributed by atoms with E-state index in [9.17, 15) is 9.59 Å². The molecule has 1 aliphatic heterocycles. The predicted octanol–water partition coefficient (Wildman–Crippen LogP) is 5.45. The van der Waals surface area contributed by atoms with Gasteiger partial charge in [-0.25, -0.2) is 4.79 Å². The van der Waals surface area contributed by atoms with Crippen LogP contribution in [-0.4, -0.2) is 54.5 Å². The number of urea groups is 1. The summed E-state index contributed by atoms with van der Waals surface area (Å²) in [6, 6.07) is 9.96. The molecule has 1 N–H and O–H groups in total. The molecule has 2 atom stereocenters. The smallest absolute Gasteiger partial charge is 0.317 e. The first kappa shape index (κ1) is 26.1. The standard InChI is InChI=1S/C27H39N3O3S/c1-6-20(5)16-29(27(32)28-7-2)17-26(31)30-14-12-25-23(13-15-34-25)24(30)18-33-22-10-8-21(9-11-22)19(3)4/h8-11,13,15,19-20,24H,6-7,12,14,16-18H2,1-5H3,(H,28,32). The van der Waals surface area contributed by atoms with Crippen molar-refractivity contribution in [2.24, 2.45) is 5.92 Å². The Balaban J connectivity index is 1.75. The number of carbonyl (C=O) groups is 2.